The highest BCUT2D eigenvalue weighted by Gasteiger charge is 1.81. The van der Waals surface area contributed by atoms with Gasteiger partial charge in [0, 0.05) is 6.54 Å². The van der Waals surface area contributed by atoms with Gasteiger partial charge in [0.15, 0.2) is 0 Å². The van der Waals surface area contributed by atoms with Crippen molar-refractivity contribution in [1.29, 1.82) is 0 Å². The number of aliphatic hydroxyl groups is 1. The molecule has 0 aromatic heterocycles. The van der Waals surface area contributed by atoms with Gasteiger partial charge >= 0.3 is 0 Å². The molecule has 74 valence electrons. The minimum absolute atomic E-state index is 0.338. The third-order valence-electron chi connectivity index (χ3n) is 1.59. The molecule has 1 aromatic rings. The predicted octanol–water partition coefficient (Wildman–Crippen LogP) is 1.57. The van der Waals surface area contributed by atoms with Gasteiger partial charge in [-0.2, -0.15) is 0 Å². The maximum Gasteiger partial charge on any atom is 0.0634 e. The van der Waals surface area contributed by atoms with Crippen LogP contribution in [-0.4, -0.2) is 17.8 Å². The first kappa shape index (κ1) is 12.1. The third-order valence-corrected chi connectivity index (χ3v) is 1.59. The van der Waals surface area contributed by atoms with E-state index in [0.717, 1.165) is 6.42 Å². The number of rotatable bonds is 2. The topological polar surface area (TPSA) is 46.2 Å². The lowest BCUT2D eigenvalue weighted by Crippen LogP contribution is -2.14. The Hall–Kier alpha value is -0.860. The van der Waals surface area contributed by atoms with Crippen molar-refractivity contribution < 1.29 is 5.11 Å². The second-order valence-corrected chi connectivity index (χ2v) is 2.92. The Balaban J connectivity index is 0.000000252. The summed E-state index contributed by atoms with van der Waals surface area (Å²) in [7, 11) is 0. The van der Waals surface area contributed by atoms with Crippen molar-refractivity contribution in [2.24, 2.45) is 5.73 Å². The van der Waals surface area contributed by atoms with Crippen molar-refractivity contribution in [3.05, 3.63) is 35.9 Å². The normalized spacial score (nSPS) is 11.4. The van der Waals surface area contributed by atoms with Crippen LogP contribution in [0.4, 0.5) is 0 Å². The molecular formula is C11H19NO. The molecule has 0 aliphatic heterocycles. The summed E-state index contributed by atoms with van der Waals surface area (Å²) in [5.74, 6) is 0. The van der Waals surface area contributed by atoms with Crippen LogP contribution in [0.25, 0.3) is 0 Å². The number of hydrogen-bond acceptors (Lipinski definition) is 2. The molecule has 1 aromatic carbocycles. The number of nitrogens with two attached hydrogens (primary N) is 1. The Bertz CT molecular complexity index is 197. The Kier molecular flexibility index (Phi) is 7.26. The summed E-state index contributed by atoms with van der Waals surface area (Å²) in [6.07, 6.45) is 0.802. The largest absolute Gasteiger partial charge is 0.392 e. The van der Waals surface area contributed by atoms with Crippen LogP contribution in [0.15, 0.2) is 30.3 Å². The molecule has 2 heteroatoms. The summed E-state index contributed by atoms with van der Waals surface area (Å²) in [5.41, 5.74) is 6.33. The molecule has 0 aliphatic rings. The van der Waals surface area contributed by atoms with Gasteiger partial charge in [-0.15, -0.1) is 0 Å². The molecule has 0 radical (unpaired) electrons. The summed E-state index contributed by atoms with van der Waals surface area (Å²) in [6.45, 7) is 4.18. The van der Waals surface area contributed by atoms with Crippen molar-refractivity contribution in [1.82, 2.24) is 0 Å². The molecule has 0 aliphatic carbocycles. The highest BCUT2D eigenvalue weighted by molar-refractivity contribution is 5.13. The Labute approximate surface area is 80.4 Å². The Morgan fingerprint density at radius 2 is 1.77 bits per heavy atom. The average Bonchev–Trinajstić information content (AvgIpc) is 2.20. The van der Waals surface area contributed by atoms with Gasteiger partial charge in [-0.1, -0.05) is 37.3 Å². The molecular weight excluding hydrogens is 162 g/mol. The Morgan fingerprint density at radius 3 is 2.00 bits per heavy atom. The highest BCUT2D eigenvalue weighted by Crippen LogP contribution is 1.96. The first-order chi connectivity index (χ1) is 6.20. The smallest absolute Gasteiger partial charge is 0.0634 e. The van der Waals surface area contributed by atoms with Crippen LogP contribution in [0, 0.1) is 0 Å². The number of hydrogen-bond donors (Lipinski definition) is 2. The monoisotopic (exact) mass is 181 g/mol. The molecule has 0 saturated carbocycles. The summed E-state index contributed by atoms with van der Waals surface area (Å²) < 4.78 is 0. The first-order valence-corrected chi connectivity index (χ1v) is 4.62. The van der Waals surface area contributed by atoms with E-state index in [0.29, 0.717) is 6.54 Å². The van der Waals surface area contributed by atoms with Gasteiger partial charge in [0.2, 0.25) is 0 Å². The summed E-state index contributed by atoms with van der Waals surface area (Å²) >= 11 is 0. The third kappa shape index (κ3) is 7.50. The molecule has 0 spiro atoms. The molecule has 0 saturated heterocycles. The first-order valence-electron chi connectivity index (χ1n) is 4.62. The second kappa shape index (κ2) is 7.77. The summed E-state index contributed by atoms with van der Waals surface area (Å²) in [5, 5.41) is 8.24. The molecule has 2 nitrogen and oxygen atoms in total. The van der Waals surface area contributed by atoms with Crippen LogP contribution in [0.5, 0.6) is 0 Å². The van der Waals surface area contributed by atoms with Crippen LogP contribution in [0.1, 0.15) is 19.4 Å². The van der Waals surface area contributed by atoms with Crippen LogP contribution in [0.2, 0.25) is 0 Å². The maximum absolute atomic E-state index is 8.24. The second-order valence-electron chi connectivity index (χ2n) is 2.92. The van der Waals surface area contributed by atoms with E-state index in [2.05, 4.69) is 31.2 Å². The lowest BCUT2D eigenvalue weighted by atomic mass is 10.2. The summed E-state index contributed by atoms with van der Waals surface area (Å²) in [6, 6.07) is 10.5. The van der Waals surface area contributed by atoms with Gasteiger partial charge in [0.25, 0.3) is 0 Å². The average molecular weight is 181 g/mol. The summed E-state index contributed by atoms with van der Waals surface area (Å²) in [4.78, 5) is 0. The fourth-order valence-electron chi connectivity index (χ4n) is 0.714. The van der Waals surface area contributed by atoms with Gasteiger partial charge in [-0.3, -0.25) is 0 Å². The van der Waals surface area contributed by atoms with Crippen molar-refractivity contribution in [3.8, 4) is 0 Å². The molecule has 3 N–H and O–H groups in total. The zero-order valence-corrected chi connectivity index (χ0v) is 8.40. The molecule has 0 fully saturated rings. The van der Waals surface area contributed by atoms with E-state index in [1.54, 1.807) is 6.92 Å². The van der Waals surface area contributed by atoms with Crippen LogP contribution in [0.3, 0.4) is 0 Å². The van der Waals surface area contributed by atoms with E-state index in [-0.39, 0.29) is 6.10 Å². The van der Waals surface area contributed by atoms with Crippen LogP contribution in [-0.2, 0) is 6.42 Å². The quantitative estimate of drug-likeness (QED) is 0.727. The lowest BCUT2D eigenvalue weighted by molar-refractivity contribution is 0.203. The zero-order chi connectivity index (χ0) is 10.1. The SMILES string of the molecule is CC(O)CN.CCc1ccccc1. The van der Waals surface area contributed by atoms with Crippen molar-refractivity contribution >= 4 is 0 Å². The van der Waals surface area contributed by atoms with Gasteiger partial charge in [-0.05, 0) is 18.9 Å². The molecule has 0 amide bonds. The fraction of sp³-hybridized carbons (Fsp3) is 0.455. The molecule has 0 bridgehead atoms. The predicted molar refractivity (Wildman–Crippen MR) is 56.6 cm³/mol. The zero-order valence-electron chi connectivity index (χ0n) is 8.40. The van der Waals surface area contributed by atoms with Crippen molar-refractivity contribution in [2.45, 2.75) is 26.4 Å². The van der Waals surface area contributed by atoms with Gasteiger partial charge in [0.1, 0.15) is 0 Å². The minimum Gasteiger partial charge on any atom is -0.392 e. The Morgan fingerprint density at radius 1 is 1.31 bits per heavy atom. The molecule has 1 rings (SSSR count). The van der Waals surface area contributed by atoms with E-state index in [4.69, 9.17) is 10.8 Å². The number of aryl methyl sites for hydroxylation is 1. The lowest BCUT2D eigenvalue weighted by Gasteiger charge is -1.91. The molecule has 13 heavy (non-hydrogen) atoms. The van der Waals surface area contributed by atoms with Gasteiger partial charge < -0.3 is 10.8 Å². The van der Waals surface area contributed by atoms with E-state index in [1.807, 2.05) is 6.07 Å². The molecule has 0 heterocycles. The van der Waals surface area contributed by atoms with E-state index in [1.165, 1.54) is 5.56 Å². The van der Waals surface area contributed by atoms with Gasteiger partial charge in [0.05, 0.1) is 6.10 Å². The standard InChI is InChI=1S/C8H10.C3H9NO/c1-2-8-6-4-3-5-7-8;1-3(5)2-4/h3-7H,2H2,1H3;3,5H,2,4H2,1H3. The van der Waals surface area contributed by atoms with Crippen molar-refractivity contribution in [2.75, 3.05) is 6.54 Å². The fourth-order valence-corrected chi connectivity index (χ4v) is 0.714. The number of benzene rings is 1. The minimum atomic E-state index is -0.338. The van der Waals surface area contributed by atoms with E-state index < -0.39 is 0 Å². The van der Waals surface area contributed by atoms with Gasteiger partial charge in [-0.25, -0.2) is 0 Å². The maximum atomic E-state index is 8.24. The number of aliphatic hydroxyl groups excluding tert-OH is 1. The molecule has 1 atom stereocenters. The van der Waals surface area contributed by atoms with E-state index in [9.17, 15) is 0 Å². The van der Waals surface area contributed by atoms with Crippen LogP contribution < -0.4 is 5.73 Å². The van der Waals surface area contributed by atoms with Crippen LogP contribution >= 0.6 is 0 Å². The molecule has 1 unspecified atom stereocenters. The van der Waals surface area contributed by atoms with E-state index >= 15 is 0 Å². The van der Waals surface area contributed by atoms with Crippen molar-refractivity contribution in [3.63, 3.8) is 0 Å². The highest BCUT2D eigenvalue weighted by atomic mass is 16.3.